The molecular formula is C32H36ClFN4O5S. The van der Waals surface area contributed by atoms with Gasteiger partial charge in [-0.15, -0.1) is 0 Å². The van der Waals surface area contributed by atoms with Crippen LogP contribution in [-0.2, 0) is 14.8 Å². The first-order valence-corrected chi connectivity index (χ1v) is 16.6. The summed E-state index contributed by atoms with van der Waals surface area (Å²) >= 11 is 6.10. The topological polar surface area (TPSA) is 99.3 Å². The highest BCUT2D eigenvalue weighted by Gasteiger charge is 2.29. The molecule has 2 fully saturated rings. The normalized spacial score (nSPS) is 16.1. The van der Waals surface area contributed by atoms with Crippen molar-refractivity contribution in [2.45, 2.75) is 37.0 Å². The van der Waals surface area contributed by atoms with Crippen LogP contribution in [0.2, 0.25) is 5.02 Å². The largest absolute Gasteiger partial charge is 0.363 e. The van der Waals surface area contributed by atoms with Crippen molar-refractivity contribution >= 4 is 39.1 Å². The zero-order valence-electron chi connectivity index (χ0n) is 24.3. The quantitative estimate of drug-likeness (QED) is 0.292. The summed E-state index contributed by atoms with van der Waals surface area (Å²) in [5.41, 5.74) is 0.384. The molecular weight excluding hydrogens is 607 g/mol. The van der Waals surface area contributed by atoms with Crippen molar-refractivity contribution in [3.63, 3.8) is 0 Å². The van der Waals surface area contributed by atoms with Crippen molar-refractivity contribution in [1.29, 1.82) is 0 Å². The number of anilines is 1. The van der Waals surface area contributed by atoms with Crippen molar-refractivity contribution in [3.05, 3.63) is 89.2 Å². The van der Waals surface area contributed by atoms with Gasteiger partial charge in [-0.3, -0.25) is 9.59 Å². The molecule has 2 aliphatic rings. The van der Waals surface area contributed by atoms with Crippen LogP contribution in [-0.4, -0.2) is 69.3 Å². The van der Waals surface area contributed by atoms with Crippen molar-refractivity contribution in [2.75, 3.05) is 43.7 Å². The van der Waals surface area contributed by atoms with Gasteiger partial charge in [-0.1, -0.05) is 34.3 Å². The minimum Gasteiger partial charge on any atom is -0.363 e. The standard InChI is InChI=1S/C32H36ClFN4O5S/c33-29-22-26(34)10-13-30(29)43-38(27-6-2-1-3-7-27)44(41,42)28-11-8-25(9-12-28)32(40)35-23-31(39)37-20-15-24(16-21-37)14-19-36-17-4-5-18-36/h1-3,6-13,22,24H,4-5,14-21,23H2,(H,35,40). The Morgan fingerprint density at radius 3 is 2.30 bits per heavy atom. The highest BCUT2D eigenvalue weighted by Crippen LogP contribution is 2.31. The van der Waals surface area contributed by atoms with Gasteiger partial charge in [0.1, 0.15) is 5.82 Å². The van der Waals surface area contributed by atoms with Crippen LogP contribution in [0.3, 0.4) is 0 Å². The van der Waals surface area contributed by atoms with E-state index in [9.17, 15) is 22.4 Å². The van der Waals surface area contributed by atoms with E-state index < -0.39 is 21.7 Å². The van der Waals surface area contributed by atoms with E-state index in [0.29, 0.717) is 23.5 Å². The SMILES string of the molecule is O=C(NCC(=O)N1CCC(CCN2CCCC2)CC1)c1ccc(S(=O)(=O)N(Oc2ccc(F)cc2Cl)c2ccccc2)cc1. The van der Waals surface area contributed by atoms with E-state index in [1.165, 1.54) is 74.8 Å². The molecule has 0 bridgehead atoms. The number of nitrogens with zero attached hydrogens (tertiary/aromatic N) is 3. The number of hydrogen-bond donors (Lipinski definition) is 1. The van der Waals surface area contributed by atoms with Gasteiger partial charge in [-0.25, -0.2) is 4.39 Å². The number of rotatable bonds is 11. The van der Waals surface area contributed by atoms with Crippen LogP contribution in [0.25, 0.3) is 0 Å². The van der Waals surface area contributed by atoms with Crippen LogP contribution in [0.1, 0.15) is 42.5 Å². The van der Waals surface area contributed by atoms with Gasteiger partial charge in [0.05, 0.1) is 22.2 Å². The van der Waals surface area contributed by atoms with Gasteiger partial charge in [0.2, 0.25) is 5.91 Å². The zero-order chi connectivity index (χ0) is 31.1. The molecule has 3 aromatic rings. The molecule has 2 amide bonds. The molecule has 0 atom stereocenters. The lowest BCUT2D eigenvalue weighted by Crippen LogP contribution is -2.44. The predicted molar refractivity (Wildman–Crippen MR) is 167 cm³/mol. The summed E-state index contributed by atoms with van der Waals surface area (Å²) in [4.78, 5) is 35.4. The number of carbonyl (C=O) groups is 2. The van der Waals surface area contributed by atoms with Gasteiger partial charge < -0.3 is 20.0 Å². The predicted octanol–water partition coefficient (Wildman–Crippen LogP) is 5.12. The molecule has 0 unspecified atom stereocenters. The average molecular weight is 643 g/mol. The fourth-order valence-electron chi connectivity index (χ4n) is 5.52. The van der Waals surface area contributed by atoms with Crippen LogP contribution in [0, 0.1) is 11.7 Å². The number of halogens is 2. The number of hydrogen-bond acceptors (Lipinski definition) is 6. The molecule has 12 heteroatoms. The maximum atomic E-state index is 13.6. The first-order valence-electron chi connectivity index (χ1n) is 14.8. The monoisotopic (exact) mass is 642 g/mol. The van der Waals surface area contributed by atoms with Gasteiger partial charge >= 0.3 is 0 Å². The summed E-state index contributed by atoms with van der Waals surface area (Å²) in [6, 6.07) is 16.7. The fraction of sp³-hybridized carbons (Fsp3) is 0.375. The van der Waals surface area contributed by atoms with Crippen molar-refractivity contribution in [3.8, 4) is 5.75 Å². The molecule has 2 saturated heterocycles. The average Bonchev–Trinajstić information content (AvgIpc) is 3.56. The van der Waals surface area contributed by atoms with Crippen LogP contribution in [0.4, 0.5) is 10.1 Å². The maximum absolute atomic E-state index is 13.6. The summed E-state index contributed by atoms with van der Waals surface area (Å²) in [5, 5.41) is 2.55. The molecule has 2 heterocycles. The van der Waals surface area contributed by atoms with E-state index in [1.54, 1.807) is 23.1 Å². The molecule has 0 radical (unpaired) electrons. The number of nitrogens with one attached hydrogen (secondary N) is 1. The van der Waals surface area contributed by atoms with Crippen molar-refractivity contribution in [2.24, 2.45) is 5.92 Å². The second-order valence-electron chi connectivity index (χ2n) is 11.1. The third-order valence-corrected chi connectivity index (χ3v) is 9.98. The van der Waals surface area contributed by atoms with Gasteiger partial charge in [-0.05, 0) is 112 Å². The van der Waals surface area contributed by atoms with Crippen LogP contribution in [0.5, 0.6) is 5.75 Å². The summed E-state index contributed by atoms with van der Waals surface area (Å²) in [5.74, 6) is -0.657. The Morgan fingerprint density at radius 2 is 1.64 bits per heavy atom. The Morgan fingerprint density at radius 1 is 0.955 bits per heavy atom. The summed E-state index contributed by atoms with van der Waals surface area (Å²) < 4.78 is 41.5. The zero-order valence-corrected chi connectivity index (χ0v) is 25.9. The Labute approximate surface area is 262 Å². The summed E-state index contributed by atoms with van der Waals surface area (Å²) in [6.45, 7) is 4.77. The lowest BCUT2D eigenvalue weighted by molar-refractivity contribution is -0.131. The van der Waals surface area contributed by atoms with Gasteiger partial charge in [-0.2, -0.15) is 8.42 Å². The first kappa shape index (κ1) is 31.7. The Balaban J connectivity index is 1.17. The minimum absolute atomic E-state index is 0.0625. The fourth-order valence-corrected chi connectivity index (χ4v) is 6.97. The molecule has 0 spiro atoms. The molecule has 2 aliphatic heterocycles. The third-order valence-electron chi connectivity index (χ3n) is 8.09. The van der Waals surface area contributed by atoms with Crippen molar-refractivity contribution in [1.82, 2.24) is 15.1 Å². The number of benzene rings is 3. The van der Waals surface area contributed by atoms with E-state index in [0.717, 1.165) is 31.5 Å². The minimum atomic E-state index is -4.31. The highest BCUT2D eigenvalue weighted by atomic mass is 35.5. The van der Waals surface area contributed by atoms with E-state index in [2.05, 4.69) is 10.2 Å². The van der Waals surface area contributed by atoms with Crippen LogP contribution >= 0.6 is 11.6 Å². The molecule has 0 aliphatic carbocycles. The van der Waals surface area contributed by atoms with Gasteiger partial charge in [0.15, 0.2) is 5.75 Å². The van der Waals surface area contributed by atoms with E-state index >= 15 is 0 Å². The Kier molecular flexibility index (Phi) is 10.4. The molecule has 1 N–H and O–H groups in total. The summed E-state index contributed by atoms with van der Waals surface area (Å²) in [7, 11) is -4.31. The van der Waals surface area contributed by atoms with Gasteiger partial charge in [0, 0.05) is 18.7 Å². The number of piperidine rings is 1. The lowest BCUT2D eigenvalue weighted by atomic mass is 9.93. The molecule has 0 saturated carbocycles. The van der Waals surface area contributed by atoms with Crippen molar-refractivity contribution < 1.29 is 27.2 Å². The third kappa shape index (κ3) is 7.88. The molecule has 3 aromatic carbocycles. The molecule has 234 valence electrons. The van der Waals surface area contributed by atoms with E-state index in [-0.39, 0.29) is 39.4 Å². The smallest absolute Gasteiger partial charge is 0.295 e. The van der Waals surface area contributed by atoms with E-state index in [1.807, 2.05) is 0 Å². The lowest BCUT2D eigenvalue weighted by Gasteiger charge is -2.32. The second-order valence-corrected chi connectivity index (χ2v) is 13.3. The summed E-state index contributed by atoms with van der Waals surface area (Å²) in [6.07, 6.45) is 5.69. The van der Waals surface area contributed by atoms with Crippen LogP contribution < -0.4 is 14.6 Å². The Hall–Kier alpha value is -3.67. The number of likely N-dealkylation sites (tertiary alicyclic amines) is 2. The molecule has 44 heavy (non-hydrogen) atoms. The number of amides is 2. The van der Waals surface area contributed by atoms with E-state index in [4.69, 9.17) is 16.4 Å². The second kappa shape index (κ2) is 14.4. The highest BCUT2D eigenvalue weighted by molar-refractivity contribution is 7.92. The molecule has 5 rings (SSSR count). The number of carbonyl (C=O) groups excluding carboxylic acids is 2. The number of para-hydroxylation sites is 1. The molecule has 0 aromatic heterocycles. The Bertz CT molecular complexity index is 1540. The maximum Gasteiger partial charge on any atom is 0.295 e. The van der Waals surface area contributed by atoms with Gasteiger partial charge in [0.25, 0.3) is 15.9 Å². The molecule has 9 nitrogen and oxygen atoms in total. The first-order chi connectivity index (χ1) is 21.2. The van der Waals surface area contributed by atoms with Crippen LogP contribution in [0.15, 0.2) is 77.7 Å². The number of sulfonamides is 1.